The lowest BCUT2D eigenvalue weighted by atomic mass is 10.1. The van der Waals surface area contributed by atoms with Crippen molar-refractivity contribution in [2.75, 3.05) is 0 Å². The maximum Gasteiger partial charge on any atom is 0.335 e. The van der Waals surface area contributed by atoms with Crippen LogP contribution in [0, 0.1) is 24.2 Å². The molecule has 2 N–H and O–H groups in total. The summed E-state index contributed by atoms with van der Waals surface area (Å²) in [5, 5.41) is 18.1. The molecule has 0 bridgehead atoms. The number of aromatic carboxylic acids is 1. The minimum atomic E-state index is -3.82. The van der Waals surface area contributed by atoms with Crippen LogP contribution in [-0.4, -0.2) is 25.5 Å². The van der Waals surface area contributed by atoms with E-state index in [4.69, 9.17) is 10.4 Å². The van der Waals surface area contributed by atoms with Crippen molar-refractivity contribution in [3.8, 4) is 6.07 Å². The van der Waals surface area contributed by atoms with Crippen LogP contribution in [0.1, 0.15) is 35.2 Å². The number of carbonyl (C=O) groups is 1. The molecule has 21 heavy (non-hydrogen) atoms. The average molecular weight is 308 g/mol. The van der Waals surface area contributed by atoms with Gasteiger partial charge >= 0.3 is 5.97 Å². The molecule has 0 radical (unpaired) electrons. The van der Waals surface area contributed by atoms with Crippen molar-refractivity contribution in [1.29, 1.82) is 5.26 Å². The summed E-state index contributed by atoms with van der Waals surface area (Å²) in [5.74, 6) is -1.50. The second-order valence-electron chi connectivity index (χ2n) is 5.18. The first-order chi connectivity index (χ1) is 9.85. The van der Waals surface area contributed by atoms with E-state index in [0.29, 0.717) is 18.4 Å². The van der Waals surface area contributed by atoms with Crippen LogP contribution in [0.2, 0.25) is 0 Å². The first-order valence-electron chi connectivity index (χ1n) is 6.61. The summed E-state index contributed by atoms with van der Waals surface area (Å²) < 4.78 is 27.2. The maximum absolute atomic E-state index is 12.3. The van der Waals surface area contributed by atoms with E-state index in [1.165, 1.54) is 12.1 Å². The van der Waals surface area contributed by atoms with Crippen molar-refractivity contribution < 1.29 is 18.3 Å². The first-order valence-corrected chi connectivity index (χ1v) is 8.09. The zero-order valence-corrected chi connectivity index (χ0v) is 12.4. The minimum absolute atomic E-state index is 0.0406. The highest BCUT2D eigenvalue weighted by atomic mass is 32.2. The fourth-order valence-corrected chi connectivity index (χ4v) is 3.86. The lowest BCUT2D eigenvalue weighted by Gasteiger charge is -2.16. The third-order valence-corrected chi connectivity index (χ3v) is 5.23. The normalized spacial score (nSPS) is 21.9. The monoisotopic (exact) mass is 308 g/mol. The van der Waals surface area contributed by atoms with Gasteiger partial charge in [0.1, 0.15) is 0 Å². The lowest BCUT2D eigenvalue weighted by molar-refractivity contribution is 0.0696. The van der Waals surface area contributed by atoms with Crippen molar-refractivity contribution in [1.82, 2.24) is 4.72 Å². The highest BCUT2D eigenvalue weighted by molar-refractivity contribution is 7.89. The number of aryl methyl sites for hydroxylation is 1. The summed E-state index contributed by atoms with van der Waals surface area (Å²) in [6.07, 6.45) is 2.10. The molecule has 2 atom stereocenters. The summed E-state index contributed by atoms with van der Waals surface area (Å²) in [5.41, 5.74) is 0.457. The molecule has 2 unspecified atom stereocenters. The van der Waals surface area contributed by atoms with E-state index in [1.807, 2.05) is 0 Å². The van der Waals surface area contributed by atoms with Crippen LogP contribution in [0.25, 0.3) is 0 Å². The highest BCUT2D eigenvalue weighted by Crippen LogP contribution is 2.26. The Kier molecular flexibility index (Phi) is 4.30. The van der Waals surface area contributed by atoms with E-state index < -0.39 is 22.0 Å². The maximum atomic E-state index is 12.3. The highest BCUT2D eigenvalue weighted by Gasteiger charge is 2.31. The zero-order chi connectivity index (χ0) is 15.6. The van der Waals surface area contributed by atoms with Gasteiger partial charge in [-0.05, 0) is 37.5 Å². The Bertz CT molecular complexity index is 706. The van der Waals surface area contributed by atoms with Gasteiger partial charge in [0.05, 0.1) is 22.4 Å². The van der Waals surface area contributed by atoms with Crippen LogP contribution < -0.4 is 4.72 Å². The Morgan fingerprint density at radius 3 is 2.76 bits per heavy atom. The van der Waals surface area contributed by atoms with Crippen molar-refractivity contribution in [2.24, 2.45) is 5.92 Å². The van der Waals surface area contributed by atoms with Gasteiger partial charge in [-0.1, -0.05) is 12.5 Å². The Hall–Kier alpha value is -1.91. The predicted octanol–water partition coefficient (Wildman–Crippen LogP) is 1.66. The second-order valence-corrected chi connectivity index (χ2v) is 6.89. The molecule has 2 rings (SSSR count). The van der Waals surface area contributed by atoms with E-state index in [9.17, 15) is 13.2 Å². The standard InChI is InChI=1S/C14H16N2O4S/c1-9-5-6-11(7-12(9)14(17)18)21(19,20)16-13-4-2-3-10(13)8-15/h5-7,10,13,16H,2-4H2,1H3,(H,17,18). The lowest BCUT2D eigenvalue weighted by Crippen LogP contribution is -2.36. The number of nitrogens with one attached hydrogen (secondary N) is 1. The summed E-state index contributed by atoms with van der Waals surface area (Å²) in [7, 11) is -3.82. The molecule has 112 valence electrons. The van der Waals surface area contributed by atoms with Gasteiger partial charge < -0.3 is 5.11 Å². The van der Waals surface area contributed by atoms with Crippen LogP contribution in [0.5, 0.6) is 0 Å². The largest absolute Gasteiger partial charge is 0.478 e. The molecule has 1 aliphatic rings. The molecular formula is C14H16N2O4S. The Morgan fingerprint density at radius 1 is 1.43 bits per heavy atom. The fraction of sp³-hybridized carbons (Fsp3) is 0.429. The fourth-order valence-electron chi connectivity index (χ4n) is 2.52. The number of nitriles is 1. The van der Waals surface area contributed by atoms with E-state index in [0.717, 1.165) is 12.5 Å². The third kappa shape index (κ3) is 3.23. The molecular weight excluding hydrogens is 292 g/mol. The molecule has 7 heteroatoms. The Morgan fingerprint density at radius 2 is 2.14 bits per heavy atom. The van der Waals surface area contributed by atoms with E-state index in [-0.39, 0.29) is 16.4 Å². The Labute approximate surface area is 123 Å². The van der Waals surface area contributed by atoms with Crippen molar-refractivity contribution in [2.45, 2.75) is 37.1 Å². The molecule has 1 saturated carbocycles. The molecule has 0 saturated heterocycles. The van der Waals surface area contributed by atoms with Crippen LogP contribution in [0.15, 0.2) is 23.1 Å². The van der Waals surface area contributed by atoms with Gasteiger partial charge in [0.25, 0.3) is 0 Å². The van der Waals surface area contributed by atoms with Crippen LogP contribution in [0.3, 0.4) is 0 Å². The Balaban J connectivity index is 2.30. The van der Waals surface area contributed by atoms with Gasteiger partial charge in [0.2, 0.25) is 10.0 Å². The van der Waals surface area contributed by atoms with Crippen LogP contribution >= 0.6 is 0 Å². The van der Waals surface area contributed by atoms with Crippen LogP contribution in [-0.2, 0) is 10.0 Å². The molecule has 0 aliphatic heterocycles. The molecule has 6 nitrogen and oxygen atoms in total. The number of nitrogens with zero attached hydrogens (tertiary/aromatic N) is 1. The molecule has 0 spiro atoms. The zero-order valence-electron chi connectivity index (χ0n) is 11.5. The molecule has 0 amide bonds. The van der Waals surface area contributed by atoms with Crippen molar-refractivity contribution >= 4 is 16.0 Å². The molecule has 0 aromatic heterocycles. The van der Waals surface area contributed by atoms with Gasteiger partial charge in [-0.2, -0.15) is 5.26 Å². The van der Waals surface area contributed by atoms with Gasteiger partial charge in [-0.25, -0.2) is 17.9 Å². The van der Waals surface area contributed by atoms with E-state index in [2.05, 4.69) is 10.8 Å². The SMILES string of the molecule is Cc1ccc(S(=O)(=O)NC2CCCC2C#N)cc1C(=O)O. The number of benzene rings is 1. The summed E-state index contributed by atoms with van der Waals surface area (Å²) in [6.45, 7) is 1.61. The van der Waals surface area contributed by atoms with E-state index in [1.54, 1.807) is 6.92 Å². The minimum Gasteiger partial charge on any atom is -0.478 e. The molecule has 1 aliphatic carbocycles. The number of carboxylic acids is 1. The number of hydrogen-bond donors (Lipinski definition) is 2. The van der Waals surface area contributed by atoms with Gasteiger partial charge in [0.15, 0.2) is 0 Å². The smallest absolute Gasteiger partial charge is 0.335 e. The summed E-state index contributed by atoms with van der Waals surface area (Å²) in [4.78, 5) is 11.0. The molecule has 1 fully saturated rings. The number of hydrogen-bond acceptors (Lipinski definition) is 4. The number of rotatable bonds is 4. The quantitative estimate of drug-likeness (QED) is 0.879. The van der Waals surface area contributed by atoms with Gasteiger partial charge in [-0.15, -0.1) is 0 Å². The van der Waals surface area contributed by atoms with Crippen molar-refractivity contribution in [3.05, 3.63) is 29.3 Å². The van der Waals surface area contributed by atoms with Gasteiger partial charge in [0, 0.05) is 6.04 Å². The number of carboxylic acid groups (broad SMARTS) is 1. The summed E-state index contributed by atoms with van der Waals surface area (Å²) >= 11 is 0. The average Bonchev–Trinajstić information content (AvgIpc) is 2.85. The molecule has 1 aromatic carbocycles. The van der Waals surface area contributed by atoms with E-state index >= 15 is 0 Å². The van der Waals surface area contributed by atoms with Crippen molar-refractivity contribution in [3.63, 3.8) is 0 Å². The first kappa shape index (κ1) is 15.5. The molecule has 0 heterocycles. The van der Waals surface area contributed by atoms with Gasteiger partial charge in [-0.3, -0.25) is 0 Å². The third-order valence-electron chi connectivity index (χ3n) is 3.74. The number of sulfonamides is 1. The van der Waals surface area contributed by atoms with Crippen LogP contribution in [0.4, 0.5) is 0 Å². The molecule has 1 aromatic rings. The summed E-state index contributed by atoms with van der Waals surface area (Å²) in [6, 6.07) is 5.69. The topological polar surface area (TPSA) is 107 Å². The predicted molar refractivity (Wildman–Crippen MR) is 75.2 cm³/mol. The second kappa shape index (κ2) is 5.84.